The van der Waals surface area contributed by atoms with Crippen LogP contribution < -0.4 is 0 Å². The van der Waals surface area contributed by atoms with Crippen molar-refractivity contribution in [3.63, 3.8) is 0 Å². The summed E-state index contributed by atoms with van der Waals surface area (Å²) in [5, 5.41) is 0. The molecule has 154 valence electrons. The number of hydrogen-bond acceptors (Lipinski definition) is 3. The van der Waals surface area contributed by atoms with Crippen molar-refractivity contribution in [2.24, 2.45) is 16.7 Å². The zero-order chi connectivity index (χ0) is 20.2. The third-order valence-electron chi connectivity index (χ3n) is 7.94. The maximum absolute atomic E-state index is 13.5. The molecule has 0 amide bonds. The van der Waals surface area contributed by atoms with E-state index in [1.165, 1.54) is 12.1 Å². The molecule has 6 heteroatoms. The average Bonchev–Trinajstić information content (AvgIpc) is 2.89. The summed E-state index contributed by atoms with van der Waals surface area (Å²) in [6, 6.07) is 6.41. The standard InChI is InChI=1S/C22H30FNO3S/c1-21(2)18-10-11-22(21,20(25)13-18)15-28(26,27)24-12-4-3-5-17(14-24)16-6-8-19(23)9-7-16/h6-9,17-18H,3-5,10-15H2,1-2H3. The minimum Gasteiger partial charge on any atom is -0.299 e. The summed E-state index contributed by atoms with van der Waals surface area (Å²) in [6.45, 7) is 5.08. The van der Waals surface area contributed by atoms with Crippen LogP contribution in [0.5, 0.6) is 0 Å². The Morgan fingerprint density at radius 2 is 1.86 bits per heavy atom. The molecule has 0 aromatic heterocycles. The molecule has 0 radical (unpaired) electrons. The zero-order valence-corrected chi connectivity index (χ0v) is 17.6. The number of carbonyl (C=O) groups is 1. The van der Waals surface area contributed by atoms with Gasteiger partial charge in [0.1, 0.15) is 11.6 Å². The van der Waals surface area contributed by atoms with Gasteiger partial charge in [-0.15, -0.1) is 0 Å². The second kappa shape index (κ2) is 6.91. The summed E-state index contributed by atoms with van der Waals surface area (Å²) in [5.74, 6) is 0.185. The van der Waals surface area contributed by atoms with E-state index in [1.807, 2.05) is 0 Å². The van der Waals surface area contributed by atoms with E-state index in [-0.39, 0.29) is 28.7 Å². The number of carbonyl (C=O) groups excluding carboxylic acids is 1. The van der Waals surface area contributed by atoms with Crippen molar-refractivity contribution < 1.29 is 17.6 Å². The number of rotatable bonds is 4. The van der Waals surface area contributed by atoms with Crippen LogP contribution >= 0.6 is 0 Å². The Morgan fingerprint density at radius 3 is 2.46 bits per heavy atom. The van der Waals surface area contributed by atoms with Crippen molar-refractivity contribution >= 4 is 15.8 Å². The Morgan fingerprint density at radius 1 is 1.14 bits per heavy atom. The molecule has 2 aliphatic carbocycles. The monoisotopic (exact) mass is 407 g/mol. The van der Waals surface area contributed by atoms with Crippen LogP contribution in [0.4, 0.5) is 4.39 Å². The molecule has 3 fully saturated rings. The lowest BCUT2D eigenvalue weighted by Gasteiger charge is -2.38. The highest BCUT2D eigenvalue weighted by Gasteiger charge is 2.65. The predicted octanol–water partition coefficient (Wildman–Crippen LogP) is 4.12. The van der Waals surface area contributed by atoms with E-state index >= 15 is 0 Å². The summed E-state index contributed by atoms with van der Waals surface area (Å²) >= 11 is 0. The number of halogens is 1. The Labute approximate surface area is 167 Å². The SMILES string of the molecule is CC1(C)C2CCC1(CS(=O)(=O)N1CCCCC(c3ccc(F)cc3)C1)C(=O)C2. The minimum atomic E-state index is -3.55. The predicted molar refractivity (Wildman–Crippen MR) is 107 cm³/mol. The van der Waals surface area contributed by atoms with Gasteiger partial charge in [0, 0.05) is 24.9 Å². The highest BCUT2D eigenvalue weighted by Crippen LogP contribution is 2.64. The lowest BCUT2D eigenvalue weighted by atomic mass is 9.70. The Balaban J connectivity index is 1.58. The molecule has 0 N–H and O–H groups in total. The second-order valence-electron chi connectivity index (χ2n) is 9.53. The van der Waals surface area contributed by atoms with Crippen molar-refractivity contribution in [2.45, 2.75) is 58.3 Å². The third-order valence-corrected chi connectivity index (χ3v) is 9.91. The first kappa shape index (κ1) is 20.0. The number of hydrogen-bond donors (Lipinski definition) is 0. The number of sulfonamides is 1. The molecule has 2 saturated carbocycles. The molecule has 1 aromatic rings. The number of ketones is 1. The van der Waals surface area contributed by atoms with Gasteiger partial charge in [0.15, 0.2) is 0 Å². The first-order chi connectivity index (χ1) is 13.2. The van der Waals surface area contributed by atoms with E-state index in [4.69, 9.17) is 0 Å². The number of fused-ring (bicyclic) bond motifs is 2. The lowest BCUT2D eigenvalue weighted by molar-refractivity contribution is -0.128. The van der Waals surface area contributed by atoms with Crippen LogP contribution in [-0.4, -0.2) is 37.3 Å². The fourth-order valence-electron chi connectivity index (χ4n) is 5.88. The molecule has 1 aromatic carbocycles. The van der Waals surface area contributed by atoms with Gasteiger partial charge in [-0.05, 0) is 60.6 Å². The van der Waals surface area contributed by atoms with Gasteiger partial charge in [0.05, 0.1) is 5.75 Å². The molecule has 3 aliphatic rings. The van der Waals surface area contributed by atoms with Crippen LogP contribution in [-0.2, 0) is 14.8 Å². The number of nitrogens with zero attached hydrogens (tertiary/aromatic N) is 1. The second-order valence-corrected chi connectivity index (χ2v) is 11.5. The molecular formula is C22H30FNO3S. The fourth-order valence-corrected chi connectivity index (χ4v) is 8.17. The van der Waals surface area contributed by atoms with Gasteiger partial charge in [-0.1, -0.05) is 32.4 Å². The third kappa shape index (κ3) is 3.13. The van der Waals surface area contributed by atoms with Gasteiger partial charge in [-0.2, -0.15) is 0 Å². The number of Topliss-reactive ketones (excluding diaryl/α,β-unsaturated/α-hetero) is 1. The molecule has 28 heavy (non-hydrogen) atoms. The summed E-state index contributed by atoms with van der Waals surface area (Å²) in [6.07, 6.45) is 4.84. The Bertz CT molecular complexity index is 864. The summed E-state index contributed by atoms with van der Waals surface area (Å²) in [5.41, 5.74) is 0.00735. The molecule has 3 atom stereocenters. The summed E-state index contributed by atoms with van der Waals surface area (Å²) in [4.78, 5) is 12.8. The first-order valence-electron chi connectivity index (χ1n) is 10.4. The smallest absolute Gasteiger partial charge is 0.215 e. The van der Waals surface area contributed by atoms with E-state index in [2.05, 4.69) is 13.8 Å². The van der Waals surface area contributed by atoms with E-state index in [0.717, 1.165) is 31.2 Å². The maximum atomic E-state index is 13.5. The van der Waals surface area contributed by atoms with Gasteiger partial charge < -0.3 is 0 Å². The Kier molecular flexibility index (Phi) is 4.94. The van der Waals surface area contributed by atoms with Crippen LogP contribution in [0.1, 0.15) is 63.9 Å². The molecule has 1 saturated heterocycles. The summed E-state index contributed by atoms with van der Waals surface area (Å²) in [7, 11) is -3.55. The van der Waals surface area contributed by atoms with Gasteiger partial charge >= 0.3 is 0 Å². The average molecular weight is 408 g/mol. The van der Waals surface area contributed by atoms with Crippen LogP contribution in [0.15, 0.2) is 24.3 Å². The maximum Gasteiger partial charge on any atom is 0.215 e. The van der Waals surface area contributed by atoms with Gasteiger partial charge in [0.2, 0.25) is 10.0 Å². The quantitative estimate of drug-likeness (QED) is 0.754. The normalized spacial score (nSPS) is 33.2. The fraction of sp³-hybridized carbons (Fsp3) is 0.682. The molecular weight excluding hydrogens is 377 g/mol. The largest absolute Gasteiger partial charge is 0.299 e. The van der Waals surface area contributed by atoms with Crippen LogP contribution in [0, 0.1) is 22.6 Å². The number of benzene rings is 1. The van der Waals surface area contributed by atoms with Crippen LogP contribution in [0.3, 0.4) is 0 Å². The highest BCUT2D eigenvalue weighted by molar-refractivity contribution is 7.89. The first-order valence-corrected chi connectivity index (χ1v) is 12.0. The van der Waals surface area contributed by atoms with Crippen molar-refractivity contribution in [1.82, 2.24) is 4.31 Å². The van der Waals surface area contributed by atoms with Gasteiger partial charge in [-0.3, -0.25) is 4.79 Å². The molecule has 4 nitrogen and oxygen atoms in total. The van der Waals surface area contributed by atoms with Crippen molar-refractivity contribution in [3.8, 4) is 0 Å². The van der Waals surface area contributed by atoms with Crippen LogP contribution in [0.25, 0.3) is 0 Å². The van der Waals surface area contributed by atoms with E-state index < -0.39 is 15.4 Å². The molecule has 0 spiro atoms. The molecule has 1 aliphatic heterocycles. The van der Waals surface area contributed by atoms with Gasteiger partial charge in [0.25, 0.3) is 0 Å². The van der Waals surface area contributed by atoms with Crippen molar-refractivity contribution in [3.05, 3.63) is 35.6 Å². The zero-order valence-electron chi connectivity index (χ0n) is 16.8. The molecule has 3 unspecified atom stereocenters. The minimum absolute atomic E-state index is 0.0571. The highest BCUT2D eigenvalue weighted by atomic mass is 32.2. The molecule has 4 rings (SSSR count). The summed E-state index contributed by atoms with van der Waals surface area (Å²) < 4.78 is 41.8. The molecule has 2 bridgehead atoms. The van der Waals surface area contributed by atoms with Crippen molar-refractivity contribution in [2.75, 3.05) is 18.8 Å². The van der Waals surface area contributed by atoms with Crippen LogP contribution in [0.2, 0.25) is 0 Å². The van der Waals surface area contributed by atoms with E-state index in [1.54, 1.807) is 16.4 Å². The van der Waals surface area contributed by atoms with Crippen molar-refractivity contribution in [1.29, 1.82) is 0 Å². The lowest BCUT2D eigenvalue weighted by Crippen LogP contribution is -2.47. The van der Waals surface area contributed by atoms with E-state index in [0.29, 0.717) is 31.8 Å². The van der Waals surface area contributed by atoms with E-state index in [9.17, 15) is 17.6 Å². The van der Waals surface area contributed by atoms with Gasteiger partial charge in [-0.25, -0.2) is 17.1 Å². The topological polar surface area (TPSA) is 54.5 Å². The Hall–Kier alpha value is -1.27. The molecule has 1 heterocycles.